The molecule has 1 amide bonds. The molecular formula is C31H32N4O5. The molecule has 2 fully saturated rings. The van der Waals surface area contributed by atoms with E-state index in [1.54, 1.807) is 6.20 Å². The molecule has 2 aliphatic heterocycles. The van der Waals surface area contributed by atoms with Gasteiger partial charge in [-0.05, 0) is 11.6 Å². The van der Waals surface area contributed by atoms with Gasteiger partial charge in [0.25, 0.3) is 0 Å². The fourth-order valence-electron chi connectivity index (χ4n) is 5.87. The Morgan fingerprint density at radius 3 is 2.85 bits per heavy atom. The minimum atomic E-state index is -0.558. The van der Waals surface area contributed by atoms with Crippen LogP contribution in [0.1, 0.15) is 43.0 Å². The van der Waals surface area contributed by atoms with Crippen LogP contribution in [0.15, 0.2) is 54.9 Å². The first-order chi connectivity index (χ1) is 19.6. The Morgan fingerprint density at radius 2 is 2.05 bits per heavy atom. The number of aromatic amines is 1. The number of carbonyl (C=O) groups excluding carboxylic acids is 1. The van der Waals surface area contributed by atoms with Gasteiger partial charge in [-0.25, -0.2) is 9.97 Å². The minimum absolute atomic E-state index is 0.0808. The number of anilines is 1. The number of H-pyrrole nitrogens is 1. The number of rotatable bonds is 7. The highest BCUT2D eigenvalue weighted by molar-refractivity contribution is 5.97. The molecule has 1 aliphatic carbocycles. The third-order valence-electron chi connectivity index (χ3n) is 8.05. The van der Waals surface area contributed by atoms with Crippen molar-refractivity contribution >= 4 is 22.6 Å². The van der Waals surface area contributed by atoms with Crippen LogP contribution >= 0.6 is 0 Å². The monoisotopic (exact) mass is 540 g/mol. The van der Waals surface area contributed by atoms with Crippen LogP contribution in [0.4, 0.5) is 5.82 Å². The summed E-state index contributed by atoms with van der Waals surface area (Å²) in [5, 5.41) is 3.70. The van der Waals surface area contributed by atoms with Crippen molar-refractivity contribution in [3.63, 3.8) is 0 Å². The topological polar surface area (TPSA) is 108 Å². The minimum Gasteiger partial charge on any atom is -0.490 e. The van der Waals surface area contributed by atoms with E-state index < -0.39 is 5.60 Å². The van der Waals surface area contributed by atoms with Gasteiger partial charge in [0, 0.05) is 68.0 Å². The van der Waals surface area contributed by atoms with Crippen LogP contribution in [0, 0.1) is 0 Å². The SMILES string of the molecule is CC(=O)Nc1cc2c(-c3cc(O[C@H]4C[C@@H](OCc5ccccc5)C4)c4c(n3)C3(CCOC3)OCC4)c[nH]c2cn1. The van der Waals surface area contributed by atoms with Crippen molar-refractivity contribution in [3.05, 3.63) is 71.7 Å². The first-order valence-electron chi connectivity index (χ1n) is 13.9. The number of aromatic nitrogens is 3. The largest absolute Gasteiger partial charge is 0.490 e. The second-order valence-electron chi connectivity index (χ2n) is 10.9. The molecule has 5 heterocycles. The van der Waals surface area contributed by atoms with Crippen LogP contribution < -0.4 is 10.1 Å². The summed E-state index contributed by atoms with van der Waals surface area (Å²) in [6, 6.07) is 14.2. The normalized spacial score (nSPS) is 23.6. The van der Waals surface area contributed by atoms with E-state index in [1.165, 1.54) is 12.5 Å². The molecule has 9 heteroatoms. The number of nitrogens with zero attached hydrogens (tertiary/aromatic N) is 2. The number of carbonyl (C=O) groups is 1. The zero-order chi connectivity index (χ0) is 27.1. The maximum absolute atomic E-state index is 11.6. The zero-order valence-corrected chi connectivity index (χ0v) is 22.4. The molecular weight excluding hydrogens is 508 g/mol. The highest BCUT2D eigenvalue weighted by atomic mass is 16.6. The Bertz CT molecular complexity index is 1540. The second-order valence-corrected chi connectivity index (χ2v) is 10.9. The summed E-state index contributed by atoms with van der Waals surface area (Å²) in [7, 11) is 0. The zero-order valence-electron chi connectivity index (χ0n) is 22.4. The van der Waals surface area contributed by atoms with Crippen LogP contribution in [0.3, 0.4) is 0 Å². The van der Waals surface area contributed by atoms with Crippen molar-refractivity contribution in [3.8, 4) is 17.0 Å². The number of hydrogen-bond donors (Lipinski definition) is 2. The van der Waals surface area contributed by atoms with Crippen molar-refractivity contribution in [2.45, 2.75) is 57.0 Å². The first kappa shape index (κ1) is 25.2. The number of nitrogens with one attached hydrogen (secondary N) is 2. The highest BCUT2D eigenvalue weighted by Crippen LogP contribution is 2.45. The molecule has 1 aromatic carbocycles. The molecule has 9 nitrogen and oxygen atoms in total. The van der Waals surface area contributed by atoms with E-state index in [1.807, 2.05) is 36.5 Å². The van der Waals surface area contributed by atoms with E-state index in [0.717, 1.165) is 64.9 Å². The van der Waals surface area contributed by atoms with Gasteiger partial charge >= 0.3 is 0 Å². The number of amides is 1. The van der Waals surface area contributed by atoms with Gasteiger partial charge in [-0.2, -0.15) is 0 Å². The van der Waals surface area contributed by atoms with Crippen LogP contribution in [0.25, 0.3) is 22.2 Å². The maximum atomic E-state index is 11.6. The van der Waals surface area contributed by atoms with Crippen molar-refractivity contribution < 1.29 is 23.7 Å². The predicted molar refractivity (Wildman–Crippen MR) is 149 cm³/mol. The average Bonchev–Trinajstić information content (AvgIpc) is 3.58. The summed E-state index contributed by atoms with van der Waals surface area (Å²) >= 11 is 0. The summed E-state index contributed by atoms with van der Waals surface area (Å²) in [6.45, 7) is 3.82. The standard InChI is InChI=1S/C31H32N4O5/c1-19(36)34-29-13-24-25(15-32-27(24)16-33-29)26-14-28(23-7-9-39-31(30(23)35-26)8-10-37-18-31)40-22-11-21(12-22)38-17-20-5-3-2-4-6-20/h2-6,13-16,21-22,32H,7-12,17-18H2,1H3,(H,33,34,36)/t21-,22+,31?. The molecule has 3 aromatic heterocycles. The lowest BCUT2D eigenvalue weighted by atomic mass is 9.88. The Hall–Kier alpha value is -3.79. The summed E-state index contributed by atoms with van der Waals surface area (Å²) in [6.07, 6.45) is 7.13. The Morgan fingerprint density at radius 1 is 1.18 bits per heavy atom. The van der Waals surface area contributed by atoms with Gasteiger partial charge in [0.2, 0.25) is 5.91 Å². The summed E-state index contributed by atoms with van der Waals surface area (Å²) in [5.41, 5.74) is 5.19. The fourth-order valence-corrected chi connectivity index (χ4v) is 5.87. The van der Waals surface area contributed by atoms with Crippen LogP contribution in [-0.4, -0.2) is 52.9 Å². The fraction of sp³-hybridized carbons (Fsp3) is 0.387. The molecule has 206 valence electrons. The molecule has 1 saturated carbocycles. The molecule has 2 N–H and O–H groups in total. The van der Waals surface area contributed by atoms with Gasteiger partial charge in [-0.15, -0.1) is 0 Å². The quantitative estimate of drug-likeness (QED) is 0.343. The second kappa shape index (κ2) is 10.3. The molecule has 1 unspecified atom stereocenters. The van der Waals surface area contributed by atoms with Crippen LogP contribution in [0.2, 0.25) is 0 Å². The van der Waals surface area contributed by atoms with Crippen molar-refractivity contribution in [1.29, 1.82) is 0 Å². The summed E-state index contributed by atoms with van der Waals surface area (Å²) < 4.78 is 24.9. The van der Waals surface area contributed by atoms with E-state index in [2.05, 4.69) is 27.4 Å². The summed E-state index contributed by atoms with van der Waals surface area (Å²) in [5.74, 6) is 1.18. The van der Waals surface area contributed by atoms with E-state index in [-0.39, 0.29) is 18.1 Å². The lowest BCUT2D eigenvalue weighted by Gasteiger charge is -2.38. The number of fused-ring (bicyclic) bond motifs is 3. The molecule has 1 atom stereocenters. The highest BCUT2D eigenvalue weighted by Gasteiger charge is 2.45. The van der Waals surface area contributed by atoms with Gasteiger partial charge in [0.1, 0.15) is 23.3 Å². The molecule has 0 radical (unpaired) electrons. The molecule has 40 heavy (non-hydrogen) atoms. The lowest BCUT2D eigenvalue weighted by Crippen LogP contribution is -2.41. The van der Waals surface area contributed by atoms with Gasteiger partial charge in [-0.3, -0.25) is 4.79 Å². The Kier molecular flexibility index (Phi) is 6.50. The lowest BCUT2D eigenvalue weighted by molar-refractivity contribution is -0.114. The third-order valence-corrected chi connectivity index (χ3v) is 8.05. The molecule has 3 aliphatic rings. The van der Waals surface area contributed by atoms with Gasteiger partial charge in [0.05, 0.1) is 49.0 Å². The number of benzene rings is 1. The average molecular weight is 541 g/mol. The van der Waals surface area contributed by atoms with E-state index in [9.17, 15) is 4.79 Å². The van der Waals surface area contributed by atoms with Gasteiger partial charge in [0.15, 0.2) is 0 Å². The number of pyridine rings is 2. The van der Waals surface area contributed by atoms with Crippen LogP contribution in [-0.2, 0) is 37.6 Å². The number of hydrogen-bond acceptors (Lipinski definition) is 7. The van der Waals surface area contributed by atoms with Crippen molar-refractivity contribution in [2.75, 3.05) is 25.1 Å². The Labute approximate surface area is 232 Å². The molecule has 1 saturated heterocycles. The molecule has 4 aromatic rings. The Balaban J connectivity index is 1.19. The third kappa shape index (κ3) is 4.74. The smallest absolute Gasteiger partial charge is 0.222 e. The predicted octanol–water partition coefficient (Wildman–Crippen LogP) is 4.90. The van der Waals surface area contributed by atoms with Gasteiger partial charge in [-0.1, -0.05) is 30.3 Å². The maximum Gasteiger partial charge on any atom is 0.222 e. The first-order valence-corrected chi connectivity index (χ1v) is 13.9. The number of ether oxygens (including phenoxy) is 4. The van der Waals surface area contributed by atoms with E-state index in [0.29, 0.717) is 32.2 Å². The van der Waals surface area contributed by atoms with Crippen LogP contribution in [0.5, 0.6) is 5.75 Å². The molecule has 1 spiro atoms. The van der Waals surface area contributed by atoms with E-state index >= 15 is 0 Å². The molecule has 0 bridgehead atoms. The van der Waals surface area contributed by atoms with Crippen molar-refractivity contribution in [2.24, 2.45) is 0 Å². The molecule has 7 rings (SSSR count). The summed E-state index contributed by atoms with van der Waals surface area (Å²) in [4.78, 5) is 24.5. The van der Waals surface area contributed by atoms with E-state index in [4.69, 9.17) is 23.9 Å². The van der Waals surface area contributed by atoms with Crippen molar-refractivity contribution in [1.82, 2.24) is 15.0 Å². The van der Waals surface area contributed by atoms with Gasteiger partial charge < -0.3 is 29.2 Å².